The minimum atomic E-state index is -0.906. The van der Waals surface area contributed by atoms with Gasteiger partial charge in [-0.3, -0.25) is 24.5 Å². The summed E-state index contributed by atoms with van der Waals surface area (Å²) in [6.07, 6.45) is 13.7. The van der Waals surface area contributed by atoms with Crippen molar-refractivity contribution in [2.75, 3.05) is 6.54 Å². The van der Waals surface area contributed by atoms with Crippen molar-refractivity contribution in [2.24, 2.45) is 0 Å². The van der Waals surface area contributed by atoms with Crippen molar-refractivity contribution in [3.05, 3.63) is 108 Å². The van der Waals surface area contributed by atoms with E-state index in [4.69, 9.17) is 0 Å². The third-order valence-electron chi connectivity index (χ3n) is 6.38. The van der Waals surface area contributed by atoms with Gasteiger partial charge in [0.25, 0.3) is 5.91 Å². The molecule has 1 aliphatic heterocycles. The van der Waals surface area contributed by atoms with Crippen molar-refractivity contribution in [3.63, 3.8) is 0 Å². The van der Waals surface area contributed by atoms with Gasteiger partial charge < -0.3 is 5.32 Å². The van der Waals surface area contributed by atoms with Crippen molar-refractivity contribution in [3.8, 4) is 0 Å². The van der Waals surface area contributed by atoms with Crippen LogP contribution >= 0.6 is 0 Å². The average molecular weight is 469 g/mol. The number of allylic oxidation sites excluding steroid dienone is 1. The summed E-state index contributed by atoms with van der Waals surface area (Å²) in [6, 6.07) is 16.9. The molecule has 0 saturated carbocycles. The zero-order valence-corrected chi connectivity index (χ0v) is 20.2. The molecule has 6 nitrogen and oxygen atoms in total. The number of hydrogen-bond acceptors (Lipinski definition) is 5. The van der Waals surface area contributed by atoms with Crippen LogP contribution in [0.2, 0.25) is 0 Å². The number of carbonyl (C=O) groups is 2. The van der Waals surface area contributed by atoms with Crippen LogP contribution in [0.5, 0.6) is 0 Å². The van der Waals surface area contributed by atoms with Gasteiger partial charge in [0.1, 0.15) is 11.4 Å². The first-order valence-electron chi connectivity index (χ1n) is 12.3. The molecule has 180 valence electrons. The fraction of sp³-hybridized carbons (Fsp3) is 0.310. The molecule has 3 heterocycles. The number of aromatic nitrogens is 2. The fourth-order valence-electron chi connectivity index (χ4n) is 4.58. The Morgan fingerprint density at radius 3 is 2.06 bits per heavy atom. The average Bonchev–Trinajstić information content (AvgIpc) is 3.13. The summed E-state index contributed by atoms with van der Waals surface area (Å²) in [5, 5.41) is 3.52. The van der Waals surface area contributed by atoms with E-state index in [0.29, 0.717) is 30.8 Å². The number of carbonyl (C=O) groups excluding carboxylic acids is 2. The van der Waals surface area contributed by atoms with Crippen LogP contribution in [0.1, 0.15) is 54.1 Å². The maximum Gasteiger partial charge on any atom is 0.254 e. The molecule has 3 aromatic rings. The molecule has 0 unspecified atom stereocenters. The molecule has 6 heteroatoms. The summed E-state index contributed by atoms with van der Waals surface area (Å²) in [4.78, 5) is 37.2. The van der Waals surface area contributed by atoms with Crippen molar-refractivity contribution in [1.82, 2.24) is 20.2 Å². The van der Waals surface area contributed by atoms with E-state index in [9.17, 15) is 9.59 Å². The van der Waals surface area contributed by atoms with Crippen LogP contribution in [0.25, 0.3) is 0 Å². The number of nitrogens with zero attached hydrogens (tertiary/aromatic N) is 3. The lowest BCUT2D eigenvalue weighted by molar-refractivity contribution is -0.131. The van der Waals surface area contributed by atoms with Gasteiger partial charge in [-0.2, -0.15) is 0 Å². The largest absolute Gasteiger partial charge is 0.357 e. The van der Waals surface area contributed by atoms with E-state index in [1.54, 1.807) is 47.9 Å². The van der Waals surface area contributed by atoms with Gasteiger partial charge in [0.15, 0.2) is 5.78 Å². The monoisotopic (exact) mass is 468 g/mol. The van der Waals surface area contributed by atoms with E-state index < -0.39 is 5.54 Å². The number of rotatable bonds is 11. The Labute approximate surface area is 207 Å². The highest BCUT2D eigenvalue weighted by atomic mass is 16.2. The normalized spacial score (nSPS) is 15.9. The molecule has 4 rings (SSSR count). The standard InChI is InChI=1S/C29H32N4O2/c1-2-3-4-8-19-33-27(20-26(34)25-9-6-5-7-10-25)32-29(28(33)35,21-23-11-15-30-16-12-23)22-24-13-17-31-18-14-24/h5-7,9-18,20,32H,2-4,8,19,21-22H2,1H3/b27-20+. The number of ketones is 1. The highest BCUT2D eigenvalue weighted by Gasteiger charge is 2.49. The summed E-state index contributed by atoms with van der Waals surface area (Å²) in [5.74, 6) is 0.446. The molecule has 1 N–H and O–H groups in total. The second-order valence-electron chi connectivity index (χ2n) is 9.05. The molecule has 1 fully saturated rings. The van der Waals surface area contributed by atoms with Gasteiger partial charge >= 0.3 is 0 Å². The molecule has 35 heavy (non-hydrogen) atoms. The van der Waals surface area contributed by atoms with Crippen molar-refractivity contribution >= 4 is 11.7 Å². The van der Waals surface area contributed by atoms with E-state index in [0.717, 1.165) is 36.8 Å². The lowest BCUT2D eigenvalue weighted by Crippen LogP contribution is -2.50. The predicted octanol–water partition coefficient (Wildman–Crippen LogP) is 4.74. The van der Waals surface area contributed by atoms with E-state index in [1.807, 2.05) is 42.5 Å². The minimum absolute atomic E-state index is 0.00488. The number of benzene rings is 1. The number of hydrogen-bond donors (Lipinski definition) is 1. The zero-order chi connectivity index (χ0) is 24.5. The van der Waals surface area contributed by atoms with Crippen LogP contribution in [0.3, 0.4) is 0 Å². The van der Waals surface area contributed by atoms with Gasteiger partial charge in [0.05, 0.1) is 0 Å². The van der Waals surface area contributed by atoms with Gasteiger partial charge in [-0.25, -0.2) is 0 Å². The van der Waals surface area contributed by atoms with Crippen molar-refractivity contribution < 1.29 is 9.59 Å². The Kier molecular flexibility index (Phi) is 8.03. The summed E-state index contributed by atoms with van der Waals surface area (Å²) >= 11 is 0. The molecule has 0 bridgehead atoms. The van der Waals surface area contributed by atoms with Crippen molar-refractivity contribution in [1.29, 1.82) is 0 Å². The van der Waals surface area contributed by atoms with Crippen LogP contribution in [0, 0.1) is 0 Å². The topological polar surface area (TPSA) is 75.2 Å². The summed E-state index contributed by atoms with van der Waals surface area (Å²) < 4.78 is 0. The van der Waals surface area contributed by atoms with E-state index in [2.05, 4.69) is 22.2 Å². The number of pyridine rings is 2. The van der Waals surface area contributed by atoms with Gasteiger partial charge in [-0.05, 0) is 41.8 Å². The first-order chi connectivity index (χ1) is 17.1. The Balaban J connectivity index is 1.70. The molecule has 0 atom stereocenters. The van der Waals surface area contributed by atoms with Crippen LogP contribution < -0.4 is 5.32 Å². The first kappa shape index (κ1) is 24.3. The van der Waals surface area contributed by atoms with Crippen LogP contribution in [0.15, 0.2) is 91.3 Å². The Hall–Kier alpha value is -3.80. The Bertz CT molecular complexity index is 1110. The molecule has 1 amide bonds. The zero-order valence-electron chi connectivity index (χ0n) is 20.2. The van der Waals surface area contributed by atoms with Crippen LogP contribution in [0.4, 0.5) is 0 Å². The fourth-order valence-corrected chi connectivity index (χ4v) is 4.58. The molecule has 0 spiro atoms. The van der Waals surface area contributed by atoms with Crippen molar-refractivity contribution in [2.45, 2.75) is 51.0 Å². The number of unbranched alkanes of at least 4 members (excludes halogenated alkanes) is 3. The Morgan fingerprint density at radius 1 is 0.886 bits per heavy atom. The Morgan fingerprint density at radius 2 is 1.49 bits per heavy atom. The molecule has 1 aromatic carbocycles. The number of nitrogens with one attached hydrogen (secondary N) is 1. The summed E-state index contributed by atoms with van der Waals surface area (Å²) in [6.45, 7) is 2.75. The minimum Gasteiger partial charge on any atom is -0.357 e. The van der Waals surface area contributed by atoms with Gasteiger partial charge in [-0.15, -0.1) is 0 Å². The third kappa shape index (κ3) is 6.01. The third-order valence-corrected chi connectivity index (χ3v) is 6.38. The van der Waals surface area contributed by atoms with Gasteiger partial charge in [0.2, 0.25) is 0 Å². The molecule has 1 aliphatic rings. The maximum absolute atomic E-state index is 14.1. The smallest absolute Gasteiger partial charge is 0.254 e. The SMILES string of the molecule is CCCCCCN1C(=O)C(Cc2ccncc2)(Cc2ccncc2)N/C1=C\C(=O)c1ccccc1. The molecular weight excluding hydrogens is 436 g/mol. The molecular formula is C29H32N4O2. The van der Waals surface area contributed by atoms with E-state index in [-0.39, 0.29) is 11.7 Å². The molecule has 0 radical (unpaired) electrons. The molecule has 2 aromatic heterocycles. The highest BCUT2D eigenvalue weighted by molar-refractivity contribution is 6.05. The van der Waals surface area contributed by atoms with E-state index in [1.165, 1.54) is 0 Å². The molecule has 0 aliphatic carbocycles. The maximum atomic E-state index is 14.1. The highest BCUT2D eigenvalue weighted by Crippen LogP contribution is 2.31. The predicted molar refractivity (Wildman–Crippen MR) is 136 cm³/mol. The lowest BCUT2D eigenvalue weighted by atomic mass is 9.85. The summed E-state index contributed by atoms with van der Waals surface area (Å²) in [5.41, 5.74) is 1.71. The molecule has 1 saturated heterocycles. The van der Waals surface area contributed by atoms with E-state index >= 15 is 0 Å². The second-order valence-corrected chi connectivity index (χ2v) is 9.05. The van der Waals surface area contributed by atoms with Gasteiger partial charge in [-0.1, -0.05) is 56.5 Å². The first-order valence-corrected chi connectivity index (χ1v) is 12.3. The van der Waals surface area contributed by atoms with Crippen LogP contribution in [-0.4, -0.2) is 38.6 Å². The van der Waals surface area contributed by atoms with Crippen LogP contribution in [-0.2, 0) is 17.6 Å². The lowest BCUT2D eigenvalue weighted by Gasteiger charge is -2.28. The number of amides is 1. The quantitative estimate of drug-likeness (QED) is 0.250. The second kappa shape index (κ2) is 11.6. The summed E-state index contributed by atoms with van der Waals surface area (Å²) in [7, 11) is 0. The van der Waals surface area contributed by atoms with Gasteiger partial charge in [0, 0.05) is 55.8 Å².